The third-order valence-corrected chi connectivity index (χ3v) is 4.65. The largest absolute Gasteiger partial charge is 0.383 e. The molecule has 0 aromatic heterocycles. The molecule has 21 heavy (non-hydrogen) atoms. The van der Waals surface area contributed by atoms with Crippen LogP contribution in [-0.2, 0) is 9.47 Å². The van der Waals surface area contributed by atoms with Gasteiger partial charge in [-0.15, -0.1) is 0 Å². The lowest BCUT2D eigenvalue weighted by atomic mass is 9.97. The van der Waals surface area contributed by atoms with E-state index in [1.807, 2.05) is 0 Å². The number of ether oxygens (including phenoxy) is 2. The number of methoxy groups -OCH3 is 1. The van der Waals surface area contributed by atoms with Crippen LogP contribution in [0.25, 0.3) is 0 Å². The van der Waals surface area contributed by atoms with Gasteiger partial charge in [-0.3, -0.25) is 4.90 Å². The number of likely N-dealkylation sites (tertiary alicyclic amines) is 1. The minimum atomic E-state index is 0.402. The summed E-state index contributed by atoms with van der Waals surface area (Å²) in [4.78, 5) is 5.11. The number of rotatable bonds is 8. The van der Waals surface area contributed by atoms with Crippen LogP contribution in [0.5, 0.6) is 0 Å². The molecule has 1 N–H and O–H groups in total. The molecule has 0 bridgehead atoms. The second kappa shape index (κ2) is 9.74. The molecular weight excluding hydrogens is 266 g/mol. The lowest BCUT2D eigenvalue weighted by Crippen LogP contribution is -2.50. The van der Waals surface area contributed by atoms with E-state index in [9.17, 15) is 0 Å². The molecule has 2 atom stereocenters. The molecule has 5 heteroatoms. The number of nitrogens with one attached hydrogen (secondary N) is 1. The minimum Gasteiger partial charge on any atom is -0.383 e. The SMILES string of the molecule is CCN1CCOC(CN2CCCC(CNCCOC)C2)C1. The normalized spacial score (nSPS) is 28.9. The van der Waals surface area contributed by atoms with Gasteiger partial charge >= 0.3 is 0 Å². The molecule has 2 rings (SSSR count). The molecule has 2 aliphatic heterocycles. The van der Waals surface area contributed by atoms with Crippen molar-refractivity contribution in [3.8, 4) is 0 Å². The Labute approximate surface area is 129 Å². The van der Waals surface area contributed by atoms with Crippen LogP contribution >= 0.6 is 0 Å². The van der Waals surface area contributed by atoms with Crippen LogP contribution < -0.4 is 5.32 Å². The van der Waals surface area contributed by atoms with Crippen molar-refractivity contribution in [2.75, 3.05) is 72.7 Å². The highest BCUT2D eigenvalue weighted by atomic mass is 16.5. The zero-order valence-corrected chi connectivity index (χ0v) is 13.9. The first-order valence-corrected chi connectivity index (χ1v) is 8.57. The summed E-state index contributed by atoms with van der Waals surface area (Å²) in [6.45, 7) is 12.9. The zero-order valence-electron chi connectivity index (χ0n) is 13.9. The molecule has 0 radical (unpaired) electrons. The first-order chi connectivity index (χ1) is 10.3. The van der Waals surface area contributed by atoms with Crippen LogP contribution in [0.1, 0.15) is 19.8 Å². The van der Waals surface area contributed by atoms with Gasteiger partial charge in [-0.25, -0.2) is 0 Å². The van der Waals surface area contributed by atoms with Crippen LogP contribution in [0.4, 0.5) is 0 Å². The van der Waals surface area contributed by atoms with Gasteiger partial charge in [0, 0.05) is 39.8 Å². The van der Waals surface area contributed by atoms with Crippen molar-refractivity contribution in [3.05, 3.63) is 0 Å². The Bertz CT molecular complexity index is 278. The number of likely N-dealkylation sites (N-methyl/N-ethyl adjacent to an activating group) is 1. The summed E-state index contributed by atoms with van der Waals surface area (Å²) in [5.74, 6) is 0.779. The molecule has 124 valence electrons. The lowest BCUT2D eigenvalue weighted by Gasteiger charge is -2.38. The van der Waals surface area contributed by atoms with Gasteiger partial charge in [0.15, 0.2) is 0 Å². The van der Waals surface area contributed by atoms with Crippen molar-refractivity contribution in [2.45, 2.75) is 25.9 Å². The van der Waals surface area contributed by atoms with E-state index in [2.05, 4.69) is 22.0 Å². The predicted octanol–water partition coefficient (Wildman–Crippen LogP) is 0.655. The standard InChI is InChI=1S/C16H33N3O2/c1-3-18-8-10-21-16(13-18)14-19-7-4-5-15(12-19)11-17-6-9-20-2/h15-17H,3-14H2,1-2H3. The topological polar surface area (TPSA) is 37.0 Å². The molecule has 0 amide bonds. The van der Waals surface area contributed by atoms with Gasteiger partial charge in [-0.1, -0.05) is 6.92 Å². The number of piperidine rings is 1. The first kappa shape index (κ1) is 17.2. The van der Waals surface area contributed by atoms with E-state index in [-0.39, 0.29) is 0 Å². The summed E-state index contributed by atoms with van der Waals surface area (Å²) in [6, 6.07) is 0. The predicted molar refractivity (Wildman–Crippen MR) is 85.8 cm³/mol. The highest BCUT2D eigenvalue weighted by Crippen LogP contribution is 2.17. The van der Waals surface area contributed by atoms with Crippen LogP contribution in [-0.4, -0.2) is 88.6 Å². The third kappa shape index (κ3) is 6.20. The van der Waals surface area contributed by atoms with E-state index in [0.717, 1.165) is 58.4 Å². The second-order valence-electron chi connectivity index (χ2n) is 6.35. The maximum atomic E-state index is 5.95. The van der Waals surface area contributed by atoms with Crippen molar-refractivity contribution in [1.82, 2.24) is 15.1 Å². The Hall–Kier alpha value is -0.200. The monoisotopic (exact) mass is 299 g/mol. The van der Waals surface area contributed by atoms with Crippen molar-refractivity contribution < 1.29 is 9.47 Å². The number of morpholine rings is 1. The average Bonchev–Trinajstić information content (AvgIpc) is 2.52. The Kier molecular flexibility index (Phi) is 7.96. The van der Waals surface area contributed by atoms with E-state index in [1.165, 1.54) is 25.9 Å². The molecule has 2 heterocycles. The van der Waals surface area contributed by atoms with Crippen molar-refractivity contribution in [2.24, 2.45) is 5.92 Å². The summed E-state index contributed by atoms with van der Waals surface area (Å²) < 4.78 is 11.0. The molecule has 0 aliphatic carbocycles. The first-order valence-electron chi connectivity index (χ1n) is 8.57. The van der Waals surface area contributed by atoms with Gasteiger partial charge in [0.25, 0.3) is 0 Å². The van der Waals surface area contributed by atoms with Crippen LogP contribution in [0, 0.1) is 5.92 Å². The van der Waals surface area contributed by atoms with Crippen LogP contribution in [0.3, 0.4) is 0 Å². The van der Waals surface area contributed by atoms with Crippen molar-refractivity contribution in [3.63, 3.8) is 0 Å². The maximum absolute atomic E-state index is 5.95. The van der Waals surface area contributed by atoms with Crippen molar-refractivity contribution >= 4 is 0 Å². The molecule has 0 saturated carbocycles. The van der Waals surface area contributed by atoms with Gasteiger partial charge in [0.2, 0.25) is 0 Å². The third-order valence-electron chi connectivity index (χ3n) is 4.65. The summed E-state index contributed by atoms with van der Waals surface area (Å²) in [5.41, 5.74) is 0. The Morgan fingerprint density at radius 3 is 2.95 bits per heavy atom. The molecule has 2 aliphatic rings. The highest BCUT2D eigenvalue weighted by molar-refractivity contribution is 4.79. The smallest absolute Gasteiger partial charge is 0.0829 e. The van der Waals surface area contributed by atoms with E-state index < -0.39 is 0 Å². The number of hydrogen-bond acceptors (Lipinski definition) is 5. The fourth-order valence-electron chi connectivity index (χ4n) is 3.43. The van der Waals surface area contributed by atoms with Crippen molar-refractivity contribution in [1.29, 1.82) is 0 Å². The van der Waals surface area contributed by atoms with Gasteiger partial charge < -0.3 is 19.7 Å². The minimum absolute atomic E-state index is 0.402. The van der Waals surface area contributed by atoms with Gasteiger partial charge in [-0.05, 0) is 38.4 Å². The maximum Gasteiger partial charge on any atom is 0.0829 e. The van der Waals surface area contributed by atoms with Gasteiger partial charge in [0.1, 0.15) is 0 Å². The Morgan fingerprint density at radius 2 is 2.14 bits per heavy atom. The van der Waals surface area contributed by atoms with E-state index in [0.29, 0.717) is 6.10 Å². The Balaban J connectivity index is 1.66. The molecular formula is C16H33N3O2. The van der Waals surface area contributed by atoms with E-state index in [4.69, 9.17) is 9.47 Å². The summed E-state index contributed by atoms with van der Waals surface area (Å²) in [7, 11) is 1.76. The molecule has 0 spiro atoms. The fraction of sp³-hybridized carbons (Fsp3) is 1.00. The molecule has 0 aromatic carbocycles. The van der Waals surface area contributed by atoms with Crippen LogP contribution in [0.15, 0.2) is 0 Å². The number of nitrogens with zero attached hydrogens (tertiary/aromatic N) is 2. The van der Waals surface area contributed by atoms with Gasteiger partial charge in [-0.2, -0.15) is 0 Å². The summed E-state index contributed by atoms with van der Waals surface area (Å²) in [5, 5.41) is 3.51. The molecule has 2 fully saturated rings. The quantitative estimate of drug-likeness (QED) is 0.666. The van der Waals surface area contributed by atoms with E-state index >= 15 is 0 Å². The highest BCUT2D eigenvalue weighted by Gasteiger charge is 2.25. The number of hydrogen-bond donors (Lipinski definition) is 1. The average molecular weight is 299 g/mol. The molecule has 2 saturated heterocycles. The zero-order chi connectivity index (χ0) is 14.9. The fourth-order valence-corrected chi connectivity index (χ4v) is 3.43. The van der Waals surface area contributed by atoms with Crippen LogP contribution in [0.2, 0.25) is 0 Å². The van der Waals surface area contributed by atoms with Gasteiger partial charge in [0.05, 0.1) is 19.3 Å². The molecule has 0 aromatic rings. The summed E-state index contributed by atoms with van der Waals surface area (Å²) in [6.07, 6.45) is 3.07. The molecule has 5 nitrogen and oxygen atoms in total. The summed E-state index contributed by atoms with van der Waals surface area (Å²) >= 11 is 0. The Morgan fingerprint density at radius 1 is 1.24 bits per heavy atom. The lowest BCUT2D eigenvalue weighted by molar-refractivity contribution is -0.0462. The second-order valence-corrected chi connectivity index (χ2v) is 6.35. The molecule has 2 unspecified atom stereocenters. The van der Waals surface area contributed by atoms with E-state index in [1.54, 1.807) is 7.11 Å².